The topological polar surface area (TPSA) is 40.7 Å². The zero-order chi connectivity index (χ0) is 15.3. The Kier molecular flexibility index (Phi) is 3.98. The lowest BCUT2D eigenvalue weighted by molar-refractivity contribution is -0.787. The third kappa shape index (κ3) is 3.70. The molecule has 4 N–H and O–H groups in total. The zero-order valence-corrected chi connectivity index (χ0v) is 14.9. The van der Waals surface area contributed by atoms with Gasteiger partial charge in [-0.15, -0.1) is 0 Å². The van der Waals surface area contributed by atoms with E-state index in [-0.39, 0.29) is 0 Å². The van der Waals surface area contributed by atoms with Crippen molar-refractivity contribution < 1.29 is 5.32 Å². The second kappa shape index (κ2) is 5.38. The van der Waals surface area contributed by atoms with Gasteiger partial charge in [-0.1, -0.05) is 6.42 Å². The molecular weight excluding hydrogens is 278 g/mol. The first-order chi connectivity index (χ1) is 9.72. The number of nitrogens with two attached hydrogens (primary N) is 1. The summed E-state index contributed by atoms with van der Waals surface area (Å²) in [6, 6.07) is 1.14. The second-order valence-corrected chi connectivity index (χ2v) is 9.53. The minimum atomic E-state index is 0.293. The molecule has 3 fully saturated rings. The second-order valence-electron chi connectivity index (χ2n) is 9.13. The third-order valence-corrected chi connectivity index (χ3v) is 5.95. The molecule has 4 heteroatoms. The van der Waals surface area contributed by atoms with Crippen LogP contribution in [0, 0.1) is 11.8 Å². The van der Waals surface area contributed by atoms with E-state index in [1.54, 1.807) is 0 Å². The molecule has 0 unspecified atom stereocenters. The number of quaternary nitrogens is 1. The molecule has 0 aromatic carbocycles. The SMILES string of the molecule is CC1(C)CC(NC(=S)N[C@@H]2C[C@H]3CC[C@@H]2C3)CC(C)(C)[NH2+]1. The van der Waals surface area contributed by atoms with Crippen molar-refractivity contribution in [2.24, 2.45) is 11.8 Å². The van der Waals surface area contributed by atoms with E-state index in [9.17, 15) is 0 Å². The summed E-state index contributed by atoms with van der Waals surface area (Å²) in [4.78, 5) is 0. The van der Waals surface area contributed by atoms with Crippen molar-refractivity contribution in [2.75, 3.05) is 0 Å². The molecule has 3 atom stereocenters. The van der Waals surface area contributed by atoms with E-state index in [1.807, 2.05) is 0 Å². The van der Waals surface area contributed by atoms with Gasteiger partial charge in [-0.05, 0) is 71.0 Å². The Morgan fingerprint density at radius 1 is 1.00 bits per heavy atom. The summed E-state index contributed by atoms with van der Waals surface area (Å²) in [5.41, 5.74) is 0.586. The summed E-state index contributed by atoms with van der Waals surface area (Å²) in [6.07, 6.45) is 7.97. The van der Waals surface area contributed by atoms with Gasteiger partial charge in [0.15, 0.2) is 5.11 Å². The van der Waals surface area contributed by atoms with Crippen molar-refractivity contribution in [1.82, 2.24) is 10.6 Å². The van der Waals surface area contributed by atoms with Crippen LogP contribution in [0.1, 0.15) is 66.2 Å². The van der Waals surface area contributed by atoms with Gasteiger partial charge in [0, 0.05) is 24.9 Å². The maximum Gasteiger partial charge on any atom is 0.166 e. The number of hydrogen-bond donors (Lipinski definition) is 3. The van der Waals surface area contributed by atoms with Gasteiger partial charge < -0.3 is 16.0 Å². The molecule has 2 saturated carbocycles. The van der Waals surface area contributed by atoms with Crippen LogP contribution in [0.2, 0.25) is 0 Å². The fraction of sp³-hybridized carbons (Fsp3) is 0.941. The lowest BCUT2D eigenvalue weighted by Crippen LogP contribution is -3.06. The van der Waals surface area contributed by atoms with Crippen LogP contribution in [-0.2, 0) is 0 Å². The molecule has 2 aliphatic carbocycles. The average molecular weight is 311 g/mol. The lowest BCUT2D eigenvalue weighted by Gasteiger charge is -2.43. The highest BCUT2D eigenvalue weighted by atomic mass is 32.1. The quantitative estimate of drug-likeness (QED) is 0.683. The maximum absolute atomic E-state index is 5.60. The van der Waals surface area contributed by atoms with E-state index < -0.39 is 0 Å². The van der Waals surface area contributed by atoms with Crippen LogP contribution in [-0.4, -0.2) is 28.3 Å². The molecule has 21 heavy (non-hydrogen) atoms. The Balaban J connectivity index is 1.52. The standard InChI is InChI=1S/C17H31N3S/c1-16(2)9-13(10-17(3,4)20-16)18-15(21)19-14-8-11-5-6-12(14)7-11/h11-14,20H,5-10H2,1-4H3,(H2,18,19,21)/p+1/t11-,12+,14+/m0/s1. The molecule has 1 saturated heterocycles. The average Bonchev–Trinajstić information content (AvgIpc) is 2.85. The molecule has 0 amide bonds. The lowest BCUT2D eigenvalue weighted by atomic mass is 9.80. The number of rotatable bonds is 2. The highest BCUT2D eigenvalue weighted by Crippen LogP contribution is 2.44. The third-order valence-electron chi connectivity index (χ3n) is 5.72. The largest absolute Gasteiger partial charge is 0.360 e. The molecule has 120 valence electrons. The summed E-state index contributed by atoms with van der Waals surface area (Å²) in [6.45, 7) is 9.37. The van der Waals surface area contributed by atoms with Gasteiger partial charge in [0.2, 0.25) is 0 Å². The predicted molar refractivity (Wildman–Crippen MR) is 91.2 cm³/mol. The van der Waals surface area contributed by atoms with Crippen molar-refractivity contribution in [3.8, 4) is 0 Å². The van der Waals surface area contributed by atoms with Crippen molar-refractivity contribution in [3.63, 3.8) is 0 Å². The van der Waals surface area contributed by atoms with Gasteiger partial charge >= 0.3 is 0 Å². The highest BCUT2D eigenvalue weighted by Gasteiger charge is 2.43. The van der Waals surface area contributed by atoms with Gasteiger partial charge in [-0.3, -0.25) is 0 Å². The molecule has 3 aliphatic rings. The minimum absolute atomic E-state index is 0.293. The van der Waals surface area contributed by atoms with E-state index in [0.29, 0.717) is 23.2 Å². The van der Waals surface area contributed by atoms with E-state index in [0.717, 1.165) is 16.9 Å². The Labute approximate surface area is 135 Å². The Bertz CT molecular complexity index is 402. The number of fused-ring (bicyclic) bond motifs is 2. The van der Waals surface area contributed by atoms with E-state index in [1.165, 1.54) is 38.5 Å². The Morgan fingerprint density at radius 2 is 1.67 bits per heavy atom. The van der Waals surface area contributed by atoms with Crippen LogP contribution in [0.15, 0.2) is 0 Å². The Morgan fingerprint density at radius 3 is 2.19 bits per heavy atom. The molecule has 3 nitrogen and oxygen atoms in total. The van der Waals surface area contributed by atoms with Crippen molar-refractivity contribution in [2.45, 2.75) is 89.4 Å². The van der Waals surface area contributed by atoms with Gasteiger partial charge in [0.05, 0.1) is 11.1 Å². The minimum Gasteiger partial charge on any atom is -0.360 e. The van der Waals surface area contributed by atoms with Gasteiger partial charge in [0.1, 0.15) is 0 Å². The van der Waals surface area contributed by atoms with Crippen LogP contribution < -0.4 is 16.0 Å². The molecule has 2 bridgehead atoms. The molecular formula is C17H32N3S+. The molecule has 0 spiro atoms. The van der Waals surface area contributed by atoms with Crippen molar-refractivity contribution in [1.29, 1.82) is 0 Å². The molecule has 0 aromatic rings. The molecule has 0 aromatic heterocycles. The number of hydrogen-bond acceptors (Lipinski definition) is 1. The van der Waals surface area contributed by atoms with Gasteiger partial charge in [0.25, 0.3) is 0 Å². The van der Waals surface area contributed by atoms with Crippen LogP contribution >= 0.6 is 12.2 Å². The molecule has 1 heterocycles. The first-order valence-electron chi connectivity index (χ1n) is 8.67. The molecule has 0 radical (unpaired) electrons. The van der Waals surface area contributed by atoms with Crippen LogP contribution in [0.3, 0.4) is 0 Å². The highest BCUT2D eigenvalue weighted by molar-refractivity contribution is 7.80. The fourth-order valence-corrected chi connectivity index (χ4v) is 5.75. The summed E-state index contributed by atoms with van der Waals surface area (Å²) < 4.78 is 0. The van der Waals surface area contributed by atoms with Crippen molar-refractivity contribution >= 4 is 17.3 Å². The van der Waals surface area contributed by atoms with Crippen LogP contribution in [0.4, 0.5) is 0 Å². The monoisotopic (exact) mass is 310 g/mol. The van der Waals surface area contributed by atoms with E-state index in [4.69, 9.17) is 12.2 Å². The number of piperidine rings is 1. The summed E-state index contributed by atoms with van der Waals surface area (Å²) >= 11 is 5.60. The first kappa shape index (κ1) is 15.5. The first-order valence-corrected chi connectivity index (χ1v) is 9.07. The van der Waals surface area contributed by atoms with Crippen molar-refractivity contribution in [3.05, 3.63) is 0 Å². The smallest absolute Gasteiger partial charge is 0.166 e. The number of thiocarbonyl (C=S) groups is 1. The summed E-state index contributed by atoms with van der Waals surface area (Å²) in [5.74, 6) is 1.85. The Hall–Kier alpha value is -0.350. The van der Waals surface area contributed by atoms with Gasteiger partial charge in [-0.25, -0.2) is 0 Å². The van der Waals surface area contributed by atoms with Crippen LogP contribution in [0.25, 0.3) is 0 Å². The van der Waals surface area contributed by atoms with E-state index >= 15 is 0 Å². The van der Waals surface area contributed by atoms with Crippen LogP contribution in [0.5, 0.6) is 0 Å². The number of nitrogens with one attached hydrogen (secondary N) is 2. The molecule has 1 aliphatic heterocycles. The summed E-state index contributed by atoms with van der Waals surface area (Å²) in [7, 11) is 0. The normalized spacial score (nSPS) is 37.4. The molecule has 3 rings (SSSR count). The predicted octanol–water partition coefficient (Wildman–Crippen LogP) is 1.92. The summed E-state index contributed by atoms with van der Waals surface area (Å²) in [5, 5.41) is 10.7. The van der Waals surface area contributed by atoms with Gasteiger partial charge in [-0.2, -0.15) is 0 Å². The maximum atomic E-state index is 5.60. The van der Waals surface area contributed by atoms with E-state index in [2.05, 4.69) is 43.6 Å². The zero-order valence-electron chi connectivity index (χ0n) is 14.0. The fourth-order valence-electron chi connectivity index (χ4n) is 5.44.